The van der Waals surface area contributed by atoms with E-state index >= 15 is 0 Å². The minimum absolute atomic E-state index is 0.0278. The van der Waals surface area contributed by atoms with Crippen LogP contribution in [-0.2, 0) is 26.2 Å². The van der Waals surface area contributed by atoms with Crippen molar-refractivity contribution in [1.29, 1.82) is 0 Å². The van der Waals surface area contributed by atoms with E-state index < -0.39 is 28.5 Å². The summed E-state index contributed by atoms with van der Waals surface area (Å²) in [5.41, 5.74) is 1.55. The summed E-state index contributed by atoms with van der Waals surface area (Å²) >= 11 is 18.7. The highest BCUT2D eigenvalue weighted by Gasteiger charge is 2.35. The van der Waals surface area contributed by atoms with Crippen LogP contribution in [0.1, 0.15) is 56.6 Å². The molecule has 7 nitrogen and oxygen atoms in total. The van der Waals surface area contributed by atoms with Crippen LogP contribution < -0.4 is 9.62 Å². The number of amides is 2. The van der Waals surface area contributed by atoms with Gasteiger partial charge in [0.1, 0.15) is 12.6 Å². The van der Waals surface area contributed by atoms with E-state index in [1.165, 1.54) is 23.1 Å². The maximum absolute atomic E-state index is 14.3. The molecule has 0 unspecified atom stereocenters. The van der Waals surface area contributed by atoms with Gasteiger partial charge < -0.3 is 10.2 Å². The van der Waals surface area contributed by atoms with Crippen molar-refractivity contribution in [2.45, 2.75) is 75.9 Å². The number of hydrogen-bond donors (Lipinski definition) is 1. The Morgan fingerprint density at radius 1 is 0.930 bits per heavy atom. The number of sulfonamides is 1. The zero-order valence-electron chi connectivity index (χ0n) is 24.2. The van der Waals surface area contributed by atoms with Gasteiger partial charge in [0.15, 0.2) is 0 Å². The highest BCUT2D eigenvalue weighted by Crippen LogP contribution is 2.31. The standard InChI is InChI=1S/C32H36Cl3N3O4S/c1-3-29(32(40)36-25-10-6-4-7-11-25)37(20-23-15-17-27(34)28(35)18-23)31(39)21-38(30-19-24(33)16-14-22(30)2)43(41,42)26-12-8-5-9-13-26/h5,8-9,12-19,25,29H,3-4,6-7,10-11,20-21H2,1-2H3,(H,36,40)/t29-/m1/s1. The first-order chi connectivity index (χ1) is 20.5. The molecule has 0 bridgehead atoms. The molecule has 43 heavy (non-hydrogen) atoms. The van der Waals surface area contributed by atoms with E-state index in [9.17, 15) is 18.0 Å². The molecule has 1 aliphatic carbocycles. The molecule has 0 saturated heterocycles. The molecule has 4 rings (SSSR count). The summed E-state index contributed by atoms with van der Waals surface area (Å²) in [6.07, 6.45) is 5.32. The number of carbonyl (C=O) groups excluding carboxylic acids is 2. The number of halogens is 3. The van der Waals surface area contributed by atoms with Gasteiger partial charge in [-0.3, -0.25) is 13.9 Å². The lowest BCUT2D eigenvalue weighted by molar-refractivity contribution is -0.140. The van der Waals surface area contributed by atoms with E-state index in [4.69, 9.17) is 34.8 Å². The summed E-state index contributed by atoms with van der Waals surface area (Å²) in [5.74, 6) is -0.810. The second-order valence-electron chi connectivity index (χ2n) is 10.8. The third-order valence-electron chi connectivity index (χ3n) is 7.72. The summed E-state index contributed by atoms with van der Waals surface area (Å²) in [6.45, 7) is 3.07. The van der Waals surface area contributed by atoms with Gasteiger partial charge in [0, 0.05) is 17.6 Å². The Morgan fingerprint density at radius 2 is 1.63 bits per heavy atom. The van der Waals surface area contributed by atoms with E-state index in [1.807, 2.05) is 6.92 Å². The lowest BCUT2D eigenvalue weighted by Gasteiger charge is -2.34. The molecular weight excluding hydrogens is 629 g/mol. The first-order valence-electron chi connectivity index (χ1n) is 14.4. The minimum Gasteiger partial charge on any atom is -0.352 e. The van der Waals surface area contributed by atoms with Crippen molar-refractivity contribution in [3.63, 3.8) is 0 Å². The molecule has 0 spiro atoms. The van der Waals surface area contributed by atoms with E-state index in [0.717, 1.165) is 36.4 Å². The topological polar surface area (TPSA) is 86.8 Å². The average Bonchev–Trinajstić information content (AvgIpc) is 2.99. The maximum Gasteiger partial charge on any atom is 0.264 e. The molecule has 1 N–H and O–H groups in total. The van der Waals surface area contributed by atoms with E-state index in [-0.39, 0.29) is 29.1 Å². The fourth-order valence-electron chi connectivity index (χ4n) is 5.38. The molecule has 2 amide bonds. The summed E-state index contributed by atoms with van der Waals surface area (Å²) in [4.78, 5) is 29.4. The number of hydrogen-bond acceptors (Lipinski definition) is 4. The van der Waals surface area contributed by atoms with Gasteiger partial charge in [0.05, 0.1) is 20.6 Å². The molecule has 1 atom stereocenters. The number of anilines is 1. The van der Waals surface area contributed by atoms with Crippen molar-refractivity contribution >= 4 is 62.3 Å². The predicted molar refractivity (Wildman–Crippen MR) is 173 cm³/mol. The molecule has 3 aromatic carbocycles. The van der Waals surface area contributed by atoms with Gasteiger partial charge >= 0.3 is 0 Å². The monoisotopic (exact) mass is 663 g/mol. The van der Waals surface area contributed by atoms with Crippen LogP contribution in [0.4, 0.5) is 5.69 Å². The Balaban J connectivity index is 1.74. The Kier molecular flexibility index (Phi) is 11.4. The predicted octanol–water partition coefficient (Wildman–Crippen LogP) is 7.41. The van der Waals surface area contributed by atoms with Crippen LogP contribution in [0.3, 0.4) is 0 Å². The fourth-order valence-corrected chi connectivity index (χ4v) is 7.36. The van der Waals surface area contributed by atoms with Crippen molar-refractivity contribution in [2.24, 2.45) is 0 Å². The van der Waals surface area contributed by atoms with Crippen molar-refractivity contribution in [3.05, 3.63) is 92.9 Å². The minimum atomic E-state index is -4.19. The molecule has 1 fully saturated rings. The van der Waals surface area contributed by atoms with Crippen molar-refractivity contribution in [3.8, 4) is 0 Å². The van der Waals surface area contributed by atoms with Crippen LogP contribution in [-0.4, -0.2) is 43.8 Å². The van der Waals surface area contributed by atoms with Crippen LogP contribution in [0.2, 0.25) is 15.1 Å². The van der Waals surface area contributed by atoms with E-state index in [2.05, 4.69) is 5.32 Å². The third-order valence-corrected chi connectivity index (χ3v) is 10.5. The molecule has 11 heteroatoms. The number of nitrogens with zero attached hydrogens (tertiary/aromatic N) is 2. The highest BCUT2D eigenvalue weighted by molar-refractivity contribution is 7.92. The Hall–Kier alpha value is -2.78. The number of carbonyl (C=O) groups is 2. The zero-order chi connectivity index (χ0) is 31.1. The van der Waals surface area contributed by atoms with Gasteiger partial charge in [-0.15, -0.1) is 0 Å². The lowest BCUT2D eigenvalue weighted by Crippen LogP contribution is -2.54. The summed E-state index contributed by atoms with van der Waals surface area (Å²) in [6, 6.07) is 17.0. The van der Waals surface area contributed by atoms with Crippen LogP contribution in [0.25, 0.3) is 0 Å². The van der Waals surface area contributed by atoms with Gasteiger partial charge in [0.25, 0.3) is 10.0 Å². The summed E-state index contributed by atoms with van der Waals surface area (Å²) < 4.78 is 29.1. The molecule has 0 aromatic heterocycles. The zero-order valence-corrected chi connectivity index (χ0v) is 27.3. The van der Waals surface area contributed by atoms with Crippen LogP contribution in [0.5, 0.6) is 0 Å². The second kappa shape index (κ2) is 14.8. The largest absolute Gasteiger partial charge is 0.352 e. The Morgan fingerprint density at radius 3 is 2.28 bits per heavy atom. The molecule has 3 aromatic rings. The van der Waals surface area contributed by atoms with Crippen molar-refractivity contribution in [1.82, 2.24) is 10.2 Å². The van der Waals surface area contributed by atoms with Crippen molar-refractivity contribution in [2.75, 3.05) is 10.8 Å². The number of aryl methyl sites for hydroxylation is 1. The van der Waals surface area contributed by atoms with Crippen molar-refractivity contribution < 1.29 is 18.0 Å². The average molecular weight is 665 g/mol. The van der Waals surface area contributed by atoms with Gasteiger partial charge in [-0.25, -0.2) is 8.42 Å². The van der Waals surface area contributed by atoms with Gasteiger partial charge in [0.2, 0.25) is 11.8 Å². The number of nitrogens with one attached hydrogen (secondary N) is 1. The number of rotatable bonds is 11. The van der Waals surface area contributed by atoms with E-state index in [1.54, 1.807) is 55.5 Å². The molecule has 1 aliphatic rings. The summed E-state index contributed by atoms with van der Waals surface area (Å²) in [5, 5.41) is 4.14. The highest BCUT2D eigenvalue weighted by atomic mass is 35.5. The molecule has 0 radical (unpaired) electrons. The van der Waals surface area contributed by atoms with Crippen LogP contribution in [0.15, 0.2) is 71.6 Å². The Labute approximate surface area is 269 Å². The van der Waals surface area contributed by atoms with Crippen LogP contribution >= 0.6 is 34.8 Å². The summed E-state index contributed by atoms with van der Waals surface area (Å²) in [7, 11) is -4.19. The SMILES string of the molecule is CC[C@H](C(=O)NC1CCCCC1)N(Cc1ccc(Cl)c(Cl)c1)C(=O)CN(c1cc(Cl)ccc1C)S(=O)(=O)c1ccccc1. The lowest BCUT2D eigenvalue weighted by atomic mass is 9.95. The maximum atomic E-state index is 14.3. The second-order valence-corrected chi connectivity index (χ2v) is 13.9. The molecule has 0 aliphatic heterocycles. The smallest absolute Gasteiger partial charge is 0.264 e. The Bertz CT molecular complexity index is 1550. The molecule has 1 saturated carbocycles. The third kappa shape index (κ3) is 8.24. The van der Waals surface area contributed by atoms with E-state index in [0.29, 0.717) is 32.6 Å². The molecule has 0 heterocycles. The number of benzene rings is 3. The normalized spacial score (nSPS) is 14.6. The molecular formula is C32H36Cl3N3O4S. The van der Waals surface area contributed by atoms with Gasteiger partial charge in [-0.2, -0.15) is 0 Å². The first kappa shape index (κ1) is 33.1. The first-order valence-corrected chi connectivity index (χ1v) is 17.0. The van der Waals surface area contributed by atoms with Gasteiger partial charge in [-0.1, -0.05) is 91.3 Å². The van der Waals surface area contributed by atoms with Crippen LogP contribution in [0, 0.1) is 6.92 Å². The van der Waals surface area contributed by atoms with Gasteiger partial charge in [-0.05, 0) is 73.7 Å². The quantitative estimate of drug-likeness (QED) is 0.231. The molecule has 230 valence electrons. The fraction of sp³-hybridized carbons (Fsp3) is 0.375.